The van der Waals surface area contributed by atoms with Crippen molar-refractivity contribution < 1.29 is 14.3 Å². The van der Waals surface area contributed by atoms with Crippen LogP contribution in [0.15, 0.2) is 66.7 Å². The SMILES string of the molecule is O=C1CCCN1[C@H]1C[C@@H]2N(C(=O)[C@@H]3[C@@H](c4ccccc4)[C@H]4C=C[C@]32O4)c2ccccc21. The lowest BCUT2D eigenvalue weighted by Crippen LogP contribution is -2.50. The zero-order valence-corrected chi connectivity index (χ0v) is 17.2. The molecule has 2 amide bonds. The molecule has 2 aromatic carbocycles. The molecule has 0 saturated carbocycles. The van der Waals surface area contributed by atoms with Crippen LogP contribution in [-0.2, 0) is 14.3 Å². The van der Waals surface area contributed by atoms with Gasteiger partial charge in [0.1, 0.15) is 5.60 Å². The number of carbonyl (C=O) groups is 2. The van der Waals surface area contributed by atoms with Gasteiger partial charge in [-0.15, -0.1) is 0 Å². The second-order valence-corrected chi connectivity index (χ2v) is 9.43. The molecule has 31 heavy (non-hydrogen) atoms. The first-order chi connectivity index (χ1) is 15.2. The highest BCUT2D eigenvalue weighted by atomic mass is 16.5. The predicted octanol–water partition coefficient (Wildman–Crippen LogP) is 3.58. The van der Waals surface area contributed by atoms with Gasteiger partial charge in [-0.2, -0.15) is 0 Å². The summed E-state index contributed by atoms with van der Waals surface area (Å²) in [6.07, 6.45) is 6.50. The molecule has 0 radical (unpaired) electrons. The first-order valence-corrected chi connectivity index (χ1v) is 11.3. The van der Waals surface area contributed by atoms with E-state index in [9.17, 15) is 9.59 Å². The van der Waals surface area contributed by atoms with E-state index in [-0.39, 0.29) is 41.8 Å². The quantitative estimate of drug-likeness (QED) is 0.709. The fraction of sp³-hybridized carbons (Fsp3) is 0.385. The molecule has 5 aliphatic rings. The molecule has 1 spiro atoms. The summed E-state index contributed by atoms with van der Waals surface area (Å²) in [7, 11) is 0. The molecule has 2 bridgehead atoms. The Morgan fingerprint density at radius 2 is 1.81 bits per heavy atom. The smallest absolute Gasteiger partial charge is 0.234 e. The summed E-state index contributed by atoms with van der Waals surface area (Å²) in [5, 5.41) is 0. The molecule has 0 unspecified atom stereocenters. The Kier molecular flexibility index (Phi) is 3.47. The summed E-state index contributed by atoms with van der Waals surface area (Å²) in [5.74, 6) is 0.185. The van der Waals surface area contributed by atoms with E-state index in [1.54, 1.807) is 0 Å². The van der Waals surface area contributed by atoms with E-state index in [1.807, 2.05) is 46.2 Å². The molecule has 7 rings (SSSR count). The van der Waals surface area contributed by atoms with E-state index < -0.39 is 5.60 Å². The Labute approximate surface area is 181 Å². The lowest BCUT2D eigenvalue weighted by atomic mass is 9.71. The number of para-hydroxylation sites is 1. The van der Waals surface area contributed by atoms with E-state index in [1.165, 1.54) is 0 Å². The van der Waals surface area contributed by atoms with E-state index in [4.69, 9.17) is 4.74 Å². The zero-order chi connectivity index (χ0) is 20.7. The summed E-state index contributed by atoms with van der Waals surface area (Å²) < 4.78 is 6.67. The van der Waals surface area contributed by atoms with E-state index in [0.29, 0.717) is 6.42 Å². The van der Waals surface area contributed by atoms with Gasteiger partial charge in [0.15, 0.2) is 0 Å². The first-order valence-electron chi connectivity index (χ1n) is 11.3. The Balaban J connectivity index is 1.37. The van der Waals surface area contributed by atoms with E-state index in [0.717, 1.165) is 36.2 Å². The van der Waals surface area contributed by atoms with Gasteiger partial charge in [-0.3, -0.25) is 9.59 Å². The second-order valence-electron chi connectivity index (χ2n) is 9.43. The molecule has 6 atom stereocenters. The molecule has 5 aliphatic heterocycles. The summed E-state index contributed by atoms with van der Waals surface area (Å²) >= 11 is 0. The van der Waals surface area contributed by atoms with Gasteiger partial charge in [-0.1, -0.05) is 60.7 Å². The number of ether oxygens (including phenoxy) is 1. The van der Waals surface area contributed by atoms with Crippen molar-refractivity contribution in [3.05, 3.63) is 77.9 Å². The van der Waals surface area contributed by atoms with Crippen LogP contribution < -0.4 is 4.90 Å². The van der Waals surface area contributed by atoms with Crippen LogP contribution in [0.5, 0.6) is 0 Å². The van der Waals surface area contributed by atoms with Crippen molar-refractivity contribution in [2.45, 2.75) is 49.0 Å². The van der Waals surface area contributed by atoms with Crippen LogP contribution in [0.3, 0.4) is 0 Å². The number of likely N-dealkylation sites (tertiary alicyclic amines) is 1. The normalized spacial score (nSPS) is 37.4. The fourth-order valence-corrected chi connectivity index (χ4v) is 6.90. The number of hydrogen-bond donors (Lipinski definition) is 0. The predicted molar refractivity (Wildman–Crippen MR) is 115 cm³/mol. The van der Waals surface area contributed by atoms with Crippen LogP contribution >= 0.6 is 0 Å². The van der Waals surface area contributed by atoms with Crippen molar-refractivity contribution in [3.8, 4) is 0 Å². The molecule has 3 saturated heterocycles. The van der Waals surface area contributed by atoms with Gasteiger partial charge in [0.05, 0.1) is 24.1 Å². The van der Waals surface area contributed by atoms with Crippen LogP contribution in [0.1, 0.15) is 42.3 Å². The van der Waals surface area contributed by atoms with Gasteiger partial charge in [0.2, 0.25) is 11.8 Å². The fourth-order valence-electron chi connectivity index (χ4n) is 6.90. The van der Waals surface area contributed by atoms with Crippen molar-refractivity contribution >= 4 is 17.5 Å². The van der Waals surface area contributed by atoms with Crippen LogP contribution in [0, 0.1) is 5.92 Å². The highest BCUT2D eigenvalue weighted by molar-refractivity contribution is 6.03. The van der Waals surface area contributed by atoms with Gasteiger partial charge in [-0.05, 0) is 30.0 Å². The molecule has 5 heteroatoms. The van der Waals surface area contributed by atoms with Gasteiger partial charge in [-0.25, -0.2) is 0 Å². The molecule has 2 aromatic rings. The number of fused-ring (bicyclic) bond motifs is 4. The number of anilines is 1. The number of carbonyl (C=O) groups excluding carboxylic acids is 2. The largest absolute Gasteiger partial charge is 0.360 e. The lowest BCUT2D eigenvalue weighted by Gasteiger charge is -2.43. The van der Waals surface area contributed by atoms with Crippen LogP contribution in [0.25, 0.3) is 0 Å². The Bertz CT molecular complexity index is 1130. The first kappa shape index (κ1) is 17.7. The van der Waals surface area contributed by atoms with E-state index in [2.05, 4.69) is 30.4 Å². The third-order valence-electron chi connectivity index (χ3n) is 8.09. The topological polar surface area (TPSA) is 49.9 Å². The van der Waals surface area contributed by atoms with Crippen molar-refractivity contribution in [2.24, 2.45) is 5.92 Å². The molecular formula is C26H24N2O3. The minimum Gasteiger partial charge on any atom is -0.360 e. The standard InChI is InChI=1S/C26H24N2O3/c29-22-11-6-14-27(22)19-15-21-26-13-12-20(31-26)23(16-7-2-1-3-8-16)24(26)25(30)28(21)18-10-5-4-9-17(18)19/h1-5,7-10,12-13,19-21,23-24H,6,11,14-15H2/t19-,20+,21-,23-,24-,26+/m0/s1. The van der Waals surface area contributed by atoms with Crippen molar-refractivity contribution in [3.63, 3.8) is 0 Å². The Morgan fingerprint density at radius 1 is 1.00 bits per heavy atom. The molecule has 3 fully saturated rings. The summed E-state index contributed by atoms with van der Waals surface area (Å²) in [5.41, 5.74) is 2.59. The molecule has 5 heterocycles. The zero-order valence-electron chi connectivity index (χ0n) is 17.2. The van der Waals surface area contributed by atoms with Crippen molar-refractivity contribution in [2.75, 3.05) is 11.4 Å². The number of benzene rings is 2. The monoisotopic (exact) mass is 412 g/mol. The number of rotatable bonds is 2. The third-order valence-corrected chi connectivity index (χ3v) is 8.09. The Hall–Kier alpha value is -2.92. The van der Waals surface area contributed by atoms with Gasteiger partial charge in [0, 0.05) is 24.6 Å². The maximum atomic E-state index is 14.0. The minimum absolute atomic E-state index is 0.000185. The maximum absolute atomic E-state index is 14.0. The number of nitrogens with zero attached hydrogens (tertiary/aromatic N) is 2. The Morgan fingerprint density at radius 3 is 2.61 bits per heavy atom. The molecule has 5 nitrogen and oxygen atoms in total. The van der Waals surface area contributed by atoms with Crippen molar-refractivity contribution in [1.29, 1.82) is 0 Å². The lowest BCUT2D eigenvalue weighted by molar-refractivity contribution is -0.130. The average molecular weight is 412 g/mol. The highest BCUT2D eigenvalue weighted by Crippen LogP contribution is 2.62. The molecule has 0 aromatic heterocycles. The van der Waals surface area contributed by atoms with E-state index >= 15 is 0 Å². The molecule has 0 N–H and O–H groups in total. The van der Waals surface area contributed by atoms with Crippen LogP contribution in [-0.4, -0.2) is 41.0 Å². The summed E-state index contributed by atoms with van der Waals surface area (Å²) in [6, 6.07) is 18.4. The highest BCUT2D eigenvalue weighted by Gasteiger charge is 2.71. The molecular weight excluding hydrogens is 388 g/mol. The van der Waals surface area contributed by atoms with Gasteiger partial charge < -0.3 is 14.5 Å². The summed E-state index contributed by atoms with van der Waals surface area (Å²) in [4.78, 5) is 30.7. The van der Waals surface area contributed by atoms with Gasteiger partial charge >= 0.3 is 0 Å². The van der Waals surface area contributed by atoms with Gasteiger partial charge in [0.25, 0.3) is 0 Å². The van der Waals surface area contributed by atoms with Crippen LogP contribution in [0.2, 0.25) is 0 Å². The molecule has 156 valence electrons. The molecule has 0 aliphatic carbocycles. The second kappa shape index (κ2) is 6.07. The number of amides is 2. The summed E-state index contributed by atoms with van der Waals surface area (Å²) in [6.45, 7) is 0.793. The minimum atomic E-state index is -0.614. The number of hydrogen-bond acceptors (Lipinski definition) is 3. The third kappa shape index (κ3) is 2.15. The van der Waals surface area contributed by atoms with Crippen LogP contribution in [0.4, 0.5) is 5.69 Å². The van der Waals surface area contributed by atoms with Crippen molar-refractivity contribution in [1.82, 2.24) is 4.90 Å². The maximum Gasteiger partial charge on any atom is 0.234 e. The average Bonchev–Trinajstić information content (AvgIpc) is 3.55.